The third-order valence-corrected chi connectivity index (χ3v) is 9.83. The number of benzene rings is 4. The minimum Gasteiger partial charge on any atom is -0.497 e. The minimum atomic E-state index is -4.17. The van der Waals surface area contributed by atoms with Crippen LogP contribution in [-0.4, -0.2) is 50.9 Å². The van der Waals surface area contributed by atoms with Crippen LogP contribution >= 0.6 is 15.9 Å². The fraction of sp³-hybridized carbons (Fsp3) is 0.257. The van der Waals surface area contributed by atoms with E-state index in [0.717, 1.165) is 19.9 Å². The molecule has 0 spiro atoms. The molecule has 8 nitrogen and oxygen atoms in total. The highest BCUT2D eigenvalue weighted by Crippen LogP contribution is 2.27. The number of sulfonamides is 1. The number of ether oxygens (including phenoxy) is 1. The van der Waals surface area contributed by atoms with Crippen LogP contribution in [0.1, 0.15) is 31.4 Å². The molecular weight excluding hydrogens is 654 g/mol. The number of hydrogen-bond acceptors (Lipinski definition) is 5. The highest BCUT2D eigenvalue weighted by molar-refractivity contribution is 9.10. The van der Waals surface area contributed by atoms with Gasteiger partial charge in [-0.25, -0.2) is 8.42 Å². The number of rotatable bonds is 14. The first-order valence-corrected chi connectivity index (χ1v) is 17.0. The Morgan fingerprint density at radius 3 is 2.02 bits per heavy atom. The zero-order valence-corrected chi connectivity index (χ0v) is 28.0. The number of nitrogens with one attached hydrogen (secondary N) is 1. The van der Waals surface area contributed by atoms with Crippen LogP contribution in [0, 0.1) is 0 Å². The lowest BCUT2D eigenvalue weighted by atomic mass is 10.0. The Bertz CT molecular complexity index is 1650. The Kier molecular flexibility index (Phi) is 11.8. The van der Waals surface area contributed by atoms with Crippen molar-refractivity contribution in [1.29, 1.82) is 0 Å². The molecule has 4 aromatic rings. The van der Waals surface area contributed by atoms with E-state index >= 15 is 0 Å². The summed E-state index contributed by atoms with van der Waals surface area (Å²) in [6.45, 7) is 3.46. The molecule has 0 aliphatic carbocycles. The summed E-state index contributed by atoms with van der Waals surface area (Å²) in [5, 5.41) is 3.05. The zero-order valence-electron chi connectivity index (χ0n) is 25.6. The van der Waals surface area contributed by atoms with E-state index in [1.165, 1.54) is 24.1 Å². The SMILES string of the molecule is CC[C@@H](C)NC(=O)[C@@H](Cc1ccccc1)N(Cc1ccc(Br)cc1)C(=O)CN(c1ccc(OC)cc1)S(=O)(=O)c1ccccc1. The Hall–Kier alpha value is -4.15. The lowest BCUT2D eigenvalue weighted by molar-refractivity contribution is -0.140. The van der Waals surface area contributed by atoms with Gasteiger partial charge in [-0.3, -0.25) is 13.9 Å². The summed E-state index contributed by atoms with van der Waals surface area (Å²) in [7, 11) is -2.65. The second kappa shape index (κ2) is 15.7. The van der Waals surface area contributed by atoms with Gasteiger partial charge in [-0.05, 0) is 73.0 Å². The summed E-state index contributed by atoms with van der Waals surface area (Å²) in [5.74, 6) is -0.280. The van der Waals surface area contributed by atoms with Crippen LogP contribution in [0.15, 0.2) is 119 Å². The van der Waals surface area contributed by atoms with Crippen molar-refractivity contribution in [1.82, 2.24) is 10.2 Å². The predicted octanol–water partition coefficient (Wildman–Crippen LogP) is 6.21. The molecule has 4 rings (SSSR count). The van der Waals surface area contributed by atoms with Gasteiger partial charge in [0.2, 0.25) is 11.8 Å². The Balaban J connectivity index is 1.79. The second-order valence-electron chi connectivity index (χ2n) is 10.7. The molecule has 0 radical (unpaired) electrons. The molecule has 0 aliphatic rings. The normalized spacial score (nSPS) is 12.5. The summed E-state index contributed by atoms with van der Waals surface area (Å²) in [6, 6.07) is 30.4. The first kappa shape index (κ1) is 33.7. The molecule has 0 aliphatic heterocycles. The summed E-state index contributed by atoms with van der Waals surface area (Å²) >= 11 is 3.46. The van der Waals surface area contributed by atoms with Gasteiger partial charge in [-0.15, -0.1) is 0 Å². The van der Waals surface area contributed by atoms with Gasteiger partial charge < -0.3 is 15.0 Å². The summed E-state index contributed by atoms with van der Waals surface area (Å²) < 4.78 is 35.4. The topological polar surface area (TPSA) is 96.0 Å². The van der Waals surface area contributed by atoms with Crippen LogP contribution in [0.2, 0.25) is 0 Å². The molecule has 45 heavy (non-hydrogen) atoms. The van der Waals surface area contributed by atoms with Crippen molar-refractivity contribution in [2.75, 3.05) is 18.0 Å². The number of methoxy groups -OCH3 is 1. The van der Waals surface area contributed by atoms with E-state index in [0.29, 0.717) is 17.9 Å². The molecule has 10 heteroatoms. The third kappa shape index (κ3) is 8.95. The van der Waals surface area contributed by atoms with Crippen molar-refractivity contribution in [2.45, 2.75) is 50.2 Å². The molecule has 0 aromatic heterocycles. The van der Waals surface area contributed by atoms with Crippen LogP contribution in [0.5, 0.6) is 5.75 Å². The summed E-state index contributed by atoms with van der Waals surface area (Å²) in [5.41, 5.74) is 1.96. The van der Waals surface area contributed by atoms with Crippen molar-refractivity contribution in [3.8, 4) is 5.75 Å². The van der Waals surface area contributed by atoms with Crippen molar-refractivity contribution in [3.05, 3.63) is 125 Å². The predicted molar refractivity (Wildman–Crippen MR) is 180 cm³/mol. The molecule has 236 valence electrons. The molecular formula is C35H38BrN3O5S. The smallest absolute Gasteiger partial charge is 0.264 e. The van der Waals surface area contributed by atoms with E-state index in [-0.39, 0.29) is 29.8 Å². The first-order chi connectivity index (χ1) is 21.6. The molecule has 0 saturated heterocycles. The number of nitrogens with zero attached hydrogens (tertiary/aromatic N) is 2. The maximum absolute atomic E-state index is 14.5. The van der Waals surface area contributed by atoms with Crippen molar-refractivity contribution in [2.24, 2.45) is 0 Å². The maximum atomic E-state index is 14.5. The molecule has 0 heterocycles. The monoisotopic (exact) mass is 691 g/mol. The highest BCUT2D eigenvalue weighted by atomic mass is 79.9. The molecule has 1 N–H and O–H groups in total. The van der Waals surface area contributed by atoms with Gasteiger partial charge in [-0.2, -0.15) is 0 Å². The van der Waals surface area contributed by atoms with Crippen LogP contribution in [0.3, 0.4) is 0 Å². The van der Waals surface area contributed by atoms with Crippen LogP contribution in [-0.2, 0) is 32.6 Å². The molecule has 0 unspecified atom stereocenters. The standard InChI is InChI=1S/C35H38BrN3O5S/c1-4-26(2)37-35(41)33(23-27-11-7-5-8-12-27)38(24-28-15-17-29(36)18-16-28)34(40)25-39(30-19-21-31(44-3)22-20-30)45(42,43)32-13-9-6-10-14-32/h5-22,26,33H,4,23-25H2,1-3H3,(H,37,41)/t26-,33-/m1/s1. The van der Waals surface area contributed by atoms with E-state index in [2.05, 4.69) is 21.2 Å². The zero-order chi connectivity index (χ0) is 32.4. The molecule has 4 aromatic carbocycles. The molecule has 0 saturated carbocycles. The Labute approximate surface area is 274 Å². The summed E-state index contributed by atoms with van der Waals surface area (Å²) in [4.78, 5) is 29.9. The van der Waals surface area contributed by atoms with Crippen LogP contribution in [0.25, 0.3) is 0 Å². The van der Waals surface area contributed by atoms with E-state index in [1.54, 1.807) is 42.5 Å². The third-order valence-electron chi connectivity index (χ3n) is 7.51. The van der Waals surface area contributed by atoms with Crippen molar-refractivity contribution in [3.63, 3.8) is 0 Å². The first-order valence-electron chi connectivity index (χ1n) is 14.7. The molecule has 0 fully saturated rings. The van der Waals surface area contributed by atoms with E-state index in [1.807, 2.05) is 68.4 Å². The lowest BCUT2D eigenvalue weighted by Crippen LogP contribution is -2.54. The number of halogens is 1. The quantitative estimate of drug-likeness (QED) is 0.170. The average Bonchev–Trinajstić information content (AvgIpc) is 3.06. The second-order valence-corrected chi connectivity index (χ2v) is 13.5. The Morgan fingerprint density at radius 1 is 0.844 bits per heavy atom. The van der Waals surface area contributed by atoms with Gasteiger partial charge in [0, 0.05) is 23.5 Å². The van der Waals surface area contributed by atoms with Gasteiger partial charge in [-0.1, -0.05) is 83.5 Å². The van der Waals surface area contributed by atoms with Gasteiger partial charge in [0.05, 0.1) is 17.7 Å². The Morgan fingerprint density at radius 2 is 1.44 bits per heavy atom. The number of carbonyl (C=O) groups excluding carboxylic acids is 2. The fourth-order valence-corrected chi connectivity index (χ4v) is 6.48. The number of anilines is 1. The van der Waals surface area contributed by atoms with E-state index in [4.69, 9.17) is 4.74 Å². The molecule has 2 amide bonds. The van der Waals surface area contributed by atoms with Gasteiger partial charge >= 0.3 is 0 Å². The van der Waals surface area contributed by atoms with Gasteiger partial charge in [0.15, 0.2) is 0 Å². The summed E-state index contributed by atoms with van der Waals surface area (Å²) in [6.07, 6.45) is 0.963. The van der Waals surface area contributed by atoms with Crippen LogP contribution < -0.4 is 14.4 Å². The van der Waals surface area contributed by atoms with E-state index < -0.39 is 28.5 Å². The van der Waals surface area contributed by atoms with E-state index in [9.17, 15) is 18.0 Å². The maximum Gasteiger partial charge on any atom is 0.264 e. The highest BCUT2D eigenvalue weighted by Gasteiger charge is 2.35. The number of carbonyl (C=O) groups is 2. The fourth-order valence-electron chi connectivity index (χ4n) is 4.78. The van der Waals surface area contributed by atoms with Gasteiger partial charge in [0.25, 0.3) is 10.0 Å². The molecule has 2 atom stereocenters. The number of amides is 2. The van der Waals surface area contributed by atoms with Crippen molar-refractivity contribution < 1.29 is 22.7 Å². The van der Waals surface area contributed by atoms with Crippen molar-refractivity contribution >= 4 is 43.5 Å². The molecule has 0 bridgehead atoms. The minimum absolute atomic E-state index is 0.0448. The van der Waals surface area contributed by atoms with Gasteiger partial charge in [0.1, 0.15) is 18.3 Å². The largest absolute Gasteiger partial charge is 0.497 e. The van der Waals surface area contributed by atoms with Crippen LogP contribution in [0.4, 0.5) is 5.69 Å². The lowest BCUT2D eigenvalue weighted by Gasteiger charge is -2.34. The average molecular weight is 693 g/mol. The number of hydrogen-bond donors (Lipinski definition) is 1.